The quantitative estimate of drug-likeness (QED) is 0.0642. The van der Waals surface area contributed by atoms with E-state index in [1.807, 2.05) is 4.72 Å². The van der Waals surface area contributed by atoms with Crippen LogP contribution in [0.1, 0.15) is 118 Å². The number of nitro benzene ring substituents is 1. The van der Waals surface area contributed by atoms with Gasteiger partial charge in [-0.1, -0.05) is 38.1 Å². The second-order valence-electron chi connectivity index (χ2n) is 20.6. The molecule has 4 fully saturated rings. The van der Waals surface area contributed by atoms with Gasteiger partial charge in [0.15, 0.2) is 17.2 Å². The van der Waals surface area contributed by atoms with Crippen LogP contribution >= 0.6 is 0 Å². The van der Waals surface area contributed by atoms with Crippen LogP contribution in [0.4, 0.5) is 30.2 Å². The number of aromatic amines is 1. The first-order chi connectivity index (χ1) is 33.9. The molecule has 5 aliphatic rings. The highest BCUT2D eigenvalue weighted by atomic mass is 32.2. The van der Waals surface area contributed by atoms with Gasteiger partial charge in [-0.25, -0.2) is 17.5 Å². The molecule has 0 radical (unpaired) electrons. The number of anilines is 2. The highest BCUT2D eigenvalue weighted by Gasteiger charge is 2.50. The first kappa shape index (κ1) is 48.5. The smallest absolute Gasteiger partial charge is 0.388 e. The van der Waals surface area contributed by atoms with Crippen molar-refractivity contribution in [2.75, 3.05) is 36.5 Å². The van der Waals surface area contributed by atoms with Crippen molar-refractivity contribution in [3.63, 3.8) is 0 Å². The fraction of sp³-hybridized carbons (Fsp3) is 0.490. The molecule has 3 aliphatic heterocycles. The Morgan fingerprint density at radius 2 is 1.76 bits per heavy atom. The summed E-state index contributed by atoms with van der Waals surface area (Å²) in [5.41, 5.74) is 1.74. The van der Waals surface area contributed by atoms with Crippen LogP contribution in [0.2, 0.25) is 0 Å². The van der Waals surface area contributed by atoms with Crippen LogP contribution in [0.25, 0.3) is 11.0 Å². The number of fused-ring (bicyclic) bond motifs is 2. The minimum absolute atomic E-state index is 0.00404. The van der Waals surface area contributed by atoms with Crippen molar-refractivity contribution in [1.29, 1.82) is 0 Å². The number of likely N-dealkylation sites (tertiary alicyclic amines) is 1. The number of pyridine rings is 1. The Morgan fingerprint density at radius 3 is 2.48 bits per heavy atom. The average molecular weight is 1000 g/mol. The van der Waals surface area contributed by atoms with Crippen LogP contribution in [0.15, 0.2) is 71.8 Å². The Labute approximate surface area is 409 Å². The van der Waals surface area contributed by atoms with Gasteiger partial charge in [-0.05, 0) is 118 Å². The molecular weight excluding hydrogens is 944 g/mol. The zero-order chi connectivity index (χ0) is 50.0. The van der Waals surface area contributed by atoms with Gasteiger partial charge >= 0.3 is 6.61 Å². The molecule has 4 N–H and O–H groups in total. The molecule has 10 rings (SSSR count). The third-order valence-corrected chi connectivity index (χ3v) is 17.0. The summed E-state index contributed by atoms with van der Waals surface area (Å²) in [6.45, 7) is 5.36. The normalized spacial score (nSPS) is 23.6. The minimum atomic E-state index is -4.86. The Hall–Kier alpha value is -6.12. The lowest BCUT2D eigenvalue weighted by Crippen LogP contribution is -2.54. The largest absolute Gasteiger partial charge is 0.489 e. The Balaban J connectivity index is 0.897. The molecule has 5 heterocycles. The van der Waals surface area contributed by atoms with Gasteiger partial charge in [0, 0.05) is 61.3 Å². The number of nitro groups is 1. The van der Waals surface area contributed by atoms with Gasteiger partial charge in [0.05, 0.1) is 32.4 Å². The minimum Gasteiger partial charge on any atom is -0.489 e. The molecule has 20 heteroatoms. The number of H-pyrrole nitrogens is 1. The number of carbonyl (C=O) groups excluding carboxylic acids is 1. The van der Waals surface area contributed by atoms with Crippen molar-refractivity contribution in [2.24, 2.45) is 11.3 Å². The van der Waals surface area contributed by atoms with Crippen molar-refractivity contribution in [1.82, 2.24) is 19.6 Å². The average Bonchev–Trinajstić information content (AvgIpc) is 3.96. The van der Waals surface area contributed by atoms with Gasteiger partial charge in [0.2, 0.25) is 0 Å². The van der Waals surface area contributed by atoms with E-state index < -0.39 is 61.1 Å². The Bertz CT molecular complexity index is 2960. The van der Waals surface area contributed by atoms with E-state index in [9.17, 15) is 41.6 Å². The van der Waals surface area contributed by atoms with E-state index in [1.165, 1.54) is 23.3 Å². The number of sulfonamides is 1. The van der Waals surface area contributed by atoms with E-state index in [2.05, 4.69) is 67.9 Å². The van der Waals surface area contributed by atoms with Crippen LogP contribution < -0.4 is 29.1 Å². The molecule has 1 spiro atoms. The van der Waals surface area contributed by atoms with E-state index in [0.717, 1.165) is 69.5 Å². The molecule has 71 heavy (non-hydrogen) atoms. The SMILES string of the molecule is CC(C)c1ccccc1[C@H]1CCCN1C1CC2(CCN(c3ccc(C(=O)NS(=O)(=O)c4cc5c(c([N+](=O)[O-])c4)N[C@@H]([C@H]4CC[C@](C)(O)CC4)CO5)c(Oc4cc5c(F)c[nH]c5nc4OC(F)F)c3)CC2)C1. The second kappa shape index (κ2) is 18.8. The summed E-state index contributed by atoms with van der Waals surface area (Å²) < 4.78 is 89.2. The van der Waals surface area contributed by atoms with E-state index in [1.54, 1.807) is 13.0 Å². The Morgan fingerprint density at radius 1 is 1.01 bits per heavy atom. The lowest BCUT2D eigenvalue weighted by atomic mass is 9.59. The molecular formula is C51H58F3N7O9S. The second-order valence-corrected chi connectivity index (χ2v) is 22.3. The third-order valence-electron chi connectivity index (χ3n) is 15.7. The molecule has 2 saturated heterocycles. The number of alkyl halides is 2. The number of ether oxygens (including phenoxy) is 3. The molecule has 2 saturated carbocycles. The number of piperidine rings is 1. The predicted octanol–water partition coefficient (Wildman–Crippen LogP) is 9.95. The molecule has 2 aliphatic carbocycles. The van der Waals surface area contributed by atoms with Crippen LogP contribution in [0.5, 0.6) is 23.1 Å². The molecule has 2 atom stereocenters. The summed E-state index contributed by atoms with van der Waals surface area (Å²) in [5, 5.41) is 25.9. The van der Waals surface area contributed by atoms with E-state index >= 15 is 0 Å². The topological polar surface area (TPSA) is 201 Å². The molecule has 16 nitrogen and oxygen atoms in total. The summed E-state index contributed by atoms with van der Waals surface area (Å²) in [4.78, 5) is 36.6. The molecule has 1 amide bonds. The number of carbonyl (C=O) groups is 1. The van der Waals surface area contributed by atoms with Crippen LogP contribution in [-0.4, -0.2) is 89.8 Å². The third kappa shape index (κ3) is 9.69. The summed E-state index contributed by atoms with van der Waals surface area (Å²) in [5.74, 6) is -3.09. The number of rotatable bonds is 13. The number of hydrogen-bond donors (Lipinski definition) is 4. The van der Waals surface area contributed by atoms with Gasteiger partial charge in [0.1, 0.15) is 23.8 Å². The monoisotopic (exact) mass is 1000 g/mol. The van der Waals surface area contributed by atoms with Gasteiger partial charge < -0.3 is 34.5 Å². The summed E-state index contributed by atoms with van der Waals surface area (Å²) in [6, 6.07) is 16.8. The number of benzene rings is 3. The first-order valence-corrected chi connectivity index (χ1v) is 25.9. The van der Waals surface area contributed by atoms with Gasteiger partial charge in [-0.15, -0.1) is 0 Å². The van der Waals surface area contributed by atoms with Gasteiger partial charge in [0.25, 0.3) is 27.5 Å². The standard InChI is InChI=1S/C51H58F3N7O9S/c1-29(2)34-7-4-5-8-35(34)40-9-6-18-60(40)32-25-51(26-32)16-19-59(20-17-51)31-10-11-36(42(21-31)69-44-24-37-38(52)27-55-46(37)57-48(44)70-49(53)54)47(62)58-71(66,67)33-22-41(61(64)65)45-43(23-33)68-28-39(56-45)30-12-14-50(3,63)15-13-30/h4-5,7-8,10-11,21-24,27,29-30,32,39-40,49,56,63H,6,9,12-20,25-26,28H2,1-3H3,(H,55,57)(H,58,62)/t30-,39-,40-,50-/m1/s1. The maximum absolute atomic E-state index is 14.9. The van der Waals surface area contributed by atoms with Crippen LogP contribution in [0.3, 0.4) is 0 Å². The highest BCUT2D eigenvalue weighted by Crippen LogP contribution is 2.54. The first-order valence-electron chi connectivity index (χ1n) is 24.4. The van der Waals surface area contributed by atoms with Crippen molar-refractivity contribution < 1.29 is 50.6 Å². The van der Waals surface area contributed by atoms with Gasteiger partial charge in [-0.2, -0.15) is 13.8 Å². The maximum Gasteiger partial charge on any atom is 0.388 e. The van der Waals surface area contributed by atoms with Crippen molar-refractivity contribution in [2.45, 2.75) is 126 Å². The number of aromatic nitrogens is 2. The number of nitrogens with zero attached hydrogens (tertiary/aromatic N) is 4. The molecule has 0 unspecified atom stereocenters. The molecule has 0 bridgehead atoms. The molecule has 5 aromatic rings. The summed E-state index contributed by atoms with van der Waals surface area (Å²) in [7, 11) is -4.86. The van der Waals surface area contributed by atoms with E-state index in [4.69, 9.17) is 9.47 Å². The fourth-order valence-electron chi connectivity index (χ4n) is 11.7. The number of hydrogen-bond acceptors (Lipinski definition) is 13. The van der Waals surface area contributed by atoms with Crippen LogP contribution in [0, 0.1) is 27.3 Å². The summed E-state index contributed by atoms with van der Waals surface area (Å²) in [6.07, 6.45) is 9.67. The van der Waals surface area contributed by atoms with Gasteiger partial charge in [-0.3, -0.25) is 19.8 Å². The predicted molar refractivity (Wildman–Crippen MR) is 259 cm³/mol. The molecule has 3 aromatic carbocycles. The zero-order valence-corrected chi connectivity index (χ0v) is 40.6. The molecule has 378 valence electrons. The lowest BCUT2D eigenvalue weighted by Gasteiger charge is -2.56. The lowest BCUT2D eigenvalue weighted by molar-refractivity contribution is -0.384. The van der Waals surface area contributed by atoms with Crippen molar-refractivity contribution in [3.05, 3.63) is 99.5 Å². The van der Waals surface area contributed by atoms with E-state index in [-0.39, 0.29) is 57.8 Å². The number of nitrogens with one attached hydrogen (secondary N) is 3. The highest BCUT2D eigenvalue weighted by molar-refractivity contribution is 7.90. The fourth-order valence-corrected chi connectivity index (χ4v) is 12.7. The maximum atomic E-state index is 14.9. The van der Waals surface area contributed by atoms with Crippen molar-refractivity contribution in [3.8, 4) is 23.1 Å². The van der Waals surface area contributed by atoms with Crippen molar-refractivity contribution >= 4 is 44.0 Å². The number of amides is 1. The zero-order valence-electron chi connectivity index (χ0n) is 39.8. The number of aliphatic hydroxyl groups is 1. The molecule has 2 aromatic heterocycles. The Kier molecular flexibility index (Phi) is 12.8. The number of halogens is 3. The summed E-state index contributed by atoms with van der Waals surface area (Å²) >= 11 is 0. The van der Waals surface area contributed by atoms with Crippen LogP contribution in [-0.2, 0) is 10.0 Å². The van der Waals surface area contributed by atoms with E-state index in [0.29, 0.717) is 62.5 Å².